The van der Waals surface area contributed by atoms with E-state index in [2.05, 4.69) is 0 Å². The molecule has 0 aliphatic heterocycles. The Balaban J connectivity index is 0. The van der Waals surface area contributed by atoms with E-state index in [-0.39, 0.29) is 47.5 Å². The van der Waals surface area contributed by atoms with Gasteiger partial charge in [-0.2, -0.15) is 0 Å². The Labute approximate surface area is 136 Å². The Morgan fingerprint density at radius 2 is 1.65 bits per heavy atom. The van der Waals surface area contributed by atoms with Crippen LogP contribution in [-0.2, 0) is 15.8 Å². The second-order valence-corrected chi connectivity index (χ2v) is 4.51. The van der Waals surface area contributed by atoms with Crippen LogP contribution in [0.3, 0.4) is 0 Å². The van der Waals surface area contributed by atoms with Crippen molar-refractivity contribution in [3.05, 3.63) is 23.8 Å². The zero-order valence-corrected chi connectivity index (χ0v) is 10.4. The quantitative estimate of drug-likeness (QED) is 0.197. The van der Waals surface area contributed by atoms with Gasteiger partial charge in [0.15, 0.2) is 11.5 Å². The summed E-state index contributed by atoms with van der Waals surface area (Å²) in [6.07, 6.45) is 0.114. The number of phosphoric acid groups is 1. The van der Waals surface area contributed by atoms with Crippen LogP contribution < -0.4 is 5.73 Å². The van der Waals surface area contributed by atoms with Gasteiger partial charge < -0.3 is 35.7 Å². The van der Waals surface area contributed by atoms with Crippen LogP contribution in [0.1, 0.15) is 5.56 Å². The molecule has 0 aliphatic carbocycles. The normalized spacial score (nSPS) is 11.6. The van der Waals surface area contributed by atoms with E-state index in [0.717, 1.165) is 0 Å². The summed E-state index contributed by atoms with van der Waals surface area (Å²) in [5.41, 5.74) is 5.86. The van der Waals surface area contributed by atoms with E-state index in [1.54, 1.807) is 0 Å². The van der Waals surface area contributed by atoms with Crippen molar-refractivity contribution >= 4 is 43.3 Å². The summed E-state index contributed by atoms with van der Waals surface area (Å²) in [5, 5.41) is 26.6. The van der Waals surface area contributed by atoms with Crippen molar-refractivity contribution < 1.29 is 39.4 Å². The fourth-order valence-corrected chi connectivity index (χ4v) is 1.04. The zero-order valence-electron chi connectivity index (χ0n) is 9.54. The first-order valence-corrected chi connectivity index (χ1v) is 6.34. The van der Waals surface area contributed by atoms with Gasteiger partial charge in [0.1, 0.15) is 6.04 Å². The molecule has 0 heterocycles. The second kappa shape index (κ2) is 9.32. The van der Waals surface area contributed by atoms with Crippen molar-refractivity contribution in [2.24, 2.45) is 5.73 Å². The van der Waals surface area contributed by atoms with Crippen LogP contribution in [0.5, 0.6) is 11.5 Å². The van der Waals surface area contributed by atoms with E-state index in [1.165, 1.54) is 18.2 Å². The van der Waals surface area contributed by atoms with Crippen molar-refractivity contribution in [1.29, 1.82) is 0 Å². The first-order chi connectivity index (χ1) is 8.50. The Morgan fingerprint density at radius 3 is 2.00 bits per heavy atom. The number of carboxylic acid groups (broad SMARTS) is 1. The summed E-state index contributed by atoms with van der Waals surface area (Å²) in [4.78, 5) is 32.0. The topological polar surface area (TPSA) is 182 Å². The Kier molecular flexibility index (Phi) is 10.1. The molecule has 1 rings (SSSR count). The van der Waals surface area contributed by atoms with E-state index < -0.39 is 19.8 Å². The molecule has 0 saturated carbocycles. The molecule has 8 N–H and O–H groups in total. The van der Waals surface area contributed by atoms with Crippen LogP contribution in [0.4, 0.5) is 0 Å². The number of benzene rings is 1. The maximum atomic E-state index is 10.4. The first-order valence-electron chi connectivity index (χ1n) is 4.78. The van der Waals surface area contributed by atoms with Gasteiger partial charge in [0.2, 0.25) is 0 Å². The maximum absolute atomic E-state index is 10.4. The number of aromatic hydroxyl groups is 2. The number of rotatable bonds is 3. The number of hydrogen-bond acceptors (Lipinski definition) is 5. The third-order valence-corrected chi connectivity index (χ3v) is 1.81. The van der Waals surface area contributed by atoms with Gasteiger partial charge in [0.05, 0.1) is 0 Å². The molecule has 1 aromatic carbocycles. The van der Waals surface area contributed by atoms with E-state index in [4.69, 9.17) is 40.3 Å². The van der Waals surface area contributed by atoms with Gasteiger partial charge in [0, 0.05) is 0 Å². The molecule has 0 aromatic heterocycles. The van der Waals surface area contributed by atoms with Gasteiger partial charge >= 0.3 is 43.3 Å². The summed E-state index contributed by atoms with van der Waals surface area (Å²) >= 11 is 0. The summed E-state index contributed by atoms with van der Waals surface area (Å²) < 4.78 is 8.88. The summed E-state index contributed by atoms with van der Waals surface area (Å²) in [7, 11) is -4.64. The molecule has 0 fully saturated rings. The fourth-order valence-electron chi connectivity index (χ4n) is 1.04. The van der Waals surface area contributed by atoms with Crippen molar-refractivity contribution in [1.82, 2.24) is 0 Å². The molecule has 1 aromatic rings. The predicted molar refractivity (Wildman–Crippen MR) is 70.5 cm³/mol. The standard InChI is InChI=1S/C9H11NO4.Na.H3O4P.H/c10-6(9(13)14)3-5-1-2-7(11)8(12)4-5;;1-5(2,3)4;/h1-2,4,6,11-12H,3,10H2,(H,13,14);;(H3,1,2,3,4);/t6-;;;/m0.../s1. The number of hydrogen-bond donors (Lipinski definition) is 7. The Bertz CT molecular complexity index is 483. The summed E-state index contributed by atoms with van der Waals surface area (Å²) in [5.74, 6) is -1.62. The van der Waals surface area contributed by atoms with Gasteiger partial charge in [-0.15, -0.1) is 0 Å². The van der Waals surface area contributed by atoms with Gasteiger partial charge in [-0.25, -0.2) is 4.57 Å². The van der Waals surface area contributed by atoms with Crippen molar-refractivity contribution in [2.45, 2.75) is 12.5 Å². The van der Waals surface area contributed by atoms with E-state index in [9.17, 15) is 4.79 Å². The molecule has 0 bridgehead atoms. The average molecular weight is 319 g/mol. The van der Waals surface area contributed by atoms with Crippen molar-refractivity contribution in [3.63, 3.8) is 0 Å². The number of nitrogens with two attached hydrogens (primary N) is 1. The summed E-state index contributed by atoms with van der Waals surface area (Å²) in [6.45, 7) is 0. The predicted octanol–water partition coefficient (Wildman–Crippen LogP) is -1.52. The molecule has 0 radical (unpaired) electrons. The molecule has 11 heteroatoms. The van der Waals surface area contributed by atoms with E-state index in [0.29, 0.717) is 5.56 Å². The monoisotopic (exact) mass is 319 g/mol. The molecule has 0 amide bonds. The van der Waals surface area contributed by atoms with Crippen LogP contribution in [-0.4, -0.2) is 71.6 Å². The van der Waals surface area contributed by atoms with Gasteiger partial charge in [0.25, 0.3) is 0 Å². The van der Waals surface area contributed by atoms with Gasteiger partial charge in [-0.1, -0.05) is 6.07 Å². The van der Waals surface area contributed by atoms with Crippen LogP contribution in [0.2, 0.25) is 0 Å². The van der Waals surface area contributed by atoms with Crippen molar-refractivity contribution in [2.75, 3.05) is 0 Å². The van der Waals surface area contributed by atoms with Crippen LogP contribution >= 0.6 is 7.82 Å². The Hall–Kier alpha value is -0.640. The van der Waals surface area contributed by atoms with E-state index >= 15 is 0 Å². The molecule has 0 saturated heterocycles. The SMILES string of the molecule is N[C@@H](Cc1ccc(O)c(O)c1)C(=O)O.O=P(O)(O)O.[NaH]. The molecule has 0 unspecified atom stereocenters. The molecule has 0 spiro atoms. The molecule has 0 aliphatic rings. The fraction of sp³-hybridized carbons (Fsp3) is 0.222. The van der Waals surface area contributed by atoms with Crippen LogP contribution in [0.15, 0.2) is 18.2 Å². The molecular formula is C9H15NNaO8P. The molecule has 1 atom stereocenters. The van der Waals surface area contributed by atoms with E-state index in [1.807, 2.05) is 0 Å². The third-order valence-electron chi connectivity index (χ3n) is 1.81. The Morgan fingerprint density at radius 1 is 1.20 bits per heavy atom. The number of carbonyl (C=O) groups is 1. The van der Waals surface area contributed by atoms with Crippen LogP contribution in [0.25, 0.3) is 0 Å². The molecule has 9 nitrogen and oxygen atoms in total. The minimum absolute atomic E-state index is 0. The number of phenols is 2. The molecular weight excluding hydrogens is 304 g/mol. The van der Waals surface area contributed by atoms with Crippen LogP contribution in [0, 0.1) is 0 Å². The van der Waals surface area contributed by atoms with Gasteiger partial charge in [-0.05, 0) is 24.1 Å². The minimum atomic E-state index is -4.64. The summed E-state index contributed by atoms with van der Waals surface area (Å²) in [6, 6.07) is 3.09. The third kappa shape index (κ3) is 11.2. The average Bonchev–Trinajstić information content (AvgIpc) is 2.21. The first kappa shape index (κ1) is 21.7. The molecule has 110 valence electrons. The zero-order chi connectivity index (χ0) is 15.2. The second-order valence-electron chi connectivity index (χ2n) is 3.49. The number of aliphatic carboxylic acids is 1. The number of carboxylic acids is 1. The molecule has 20 heavy (non-hydrogen) atoms. The number of phenolic OH excluding ortho intramolecular Hbond substituents is 2. The van der Waals surface area contributed by atoms with Gasteiger partial charge in [-0.3, -0.25) is 4.79 Å². The van der Waals surface area contributed by atoms with Crippen molar-refractivity contribution in [3.8, 4) is 11.5 Å².